The van der Waals surface area contributed by atoms with Gasteiger partial charge in [-0.3, -0.25) is 9.69 Å². The number of nitrogens with one attached hydrogen (secondary N) is 1. The first kappa shape index (κ1) is 22.1. The van der Waals surface area contributed by atoms with Crippen molar-refractivity contribution in [3.05, 3.63) is 59.7 Å². The second-order valence-electron chi connectivity index (χ2n) is 8.29. The highest BCUT2D eigenvalue weighted by atomic mass is 16.5. The van der Waals surface area contributed by atoms with Crippen molar-refractivity contribution >= 4 is 33.9 Å². The molecule has 3 heterocycles. The Morgan fingerprint density at radius 3 is 2.50 bits per heavy atom. The Balaban J connectivity index is 1.48. The van der Waals surface area contributed by atoms with Crippen LogP contribution in [0.1, 0.15) is 15.9 Å². The van der Waals surface area contributed by atoms with E-state index in [9.17, 15) is 4.79 Å². The number of methoxy groups -OCH3 is 1. The van der Waals surface area contributed by atoms with Gasteiger partial charge in [0.25, 0.3) is 5.91 Å². The van der Waals surface area contributed by atoms with E-state index in [1.54, 1.807) is 7.11 Å². The summed E-state index contributed by atoms with van der Waals surface area (Å²) in [5.74, 6) is 0.888. The standard InChI is InChI=1S/C25H28N6O3/c1-33-18-8-6-17(7-9-18)16-31-23(26)21(25(32)27-10-11-30-12-14-34-15-13-30)22-24(31)29-20-5-3-2-4-19(20)28-22/h2-9H,10-16,26H2,1H3,(H,27,32). The minimum Gasteiger partial charge on any atom is -0.497 e. The normalized spacial score (nSPS) is 14.5. The van der Waals surface area contributed by atoms with Crippen LogP contribution >= 0.6 is 0 Å². The molecule has 0 unspecified atom stereocenters. The molecular weight excluding hydrogens is 432 g/mol. The third-order valence-corrected chi connectivity index (χ3v) is 6.14. The Bertz CT molecular complexity index is 1310. The SMILES string of the molecule is COc1ccc(Cn2c(N)c(C(=O)NCCN3CCOCC3)c3nc4ccccc4nc32)cc1. The van der Waals surface area contributed by atoms with Crippen LogP contribution in [0.25, 0.3) is 22.2 Å². The van der Waals surface area contributed by atoms with Gasteiger partial charge in [0.05, 0.1) is 37.9 Å². The number of nitrogens with zero attached hydrogens (tertiary/aromatic N) is 4. The lowest BCUT2D eigenvalue weighted by Gasteiger charge is -2.26. The minimum atomic E-state index is -0.242. The zero-order valence-electron chi connectivity index (χ0n) is 19.2. The van der Waals surface area contributed by atoms with Gasteiger partial charge in [0.15, 0.2) is 5.65 Å². The van der Waals surface area contributed by atoms with E-state index in [2.05, 4.69) is 10.2 Å². The number of para-hydroxylation sites is 2. The minimum absolute atomic E-state index is 0.242. The molecule has 5 rings (SSSR count). The third kappa shape index (κ3) is 4.40. The third-order valence-electron chi connectivity index (χ3n) is 6.14. The molecule has 0 aliphatic carbocycles. The lowest BCUT2D eigenvalue weighted by atomic mass is 10.2. The first-order chi connectivity index (χ1) is 16.6. The highest BCUT2D eigenvalue weighted by Gasteiger charge is 2.24. The fraction of sp³-hybridized carbons (Fsp3) is 0.320. The fourth-order valence-electron chi connectivity index (χ4n) is 4.26. The van der Waals surface area contributed by atoms with Gasteiger partial charge in [-0.05, 0) is 29.8 Å². The summed E-state index contributed by atoms with van der Waals surface area (Å²) < 4.78 is 12.5. The smallest absolute Gasteiger partial charge is 0.257 e. The molecule has 1 fully saturated rings. The Labute approximate surface area is 197 Å². The molecule has 1 amide bonds. The summed E-state index contributed by atoms with van der Waals surface area (Å²) in [5, 5.41) is 3.02. The number of nitrogens with two attached hydrogens (primary N) is 1. The lowest BCUT2D eigenvalue weighted by Crippen LogP contribution is -2.41. The number of amides is 1. The quantitative estimate of drug-likeness (QED) is 0.436. The number of hydrogen-bond donors (Lipinski definition) is 2. The molecule has 34 heavy (non-hydrogen) atoms. The topological polar surface area (TPSA) is 108 Å². The summed E-state index contributed by atoms with van der Waals surface area (Å²) in [5.41, 5.74) is 10.5. The van der Waals surface area contributed by atoms with Crippen molar-refractivity contribution in [2.75, 3.05) is 52.2 Å². The summed E-state index contributed by atoms with van der Waals surface area (Å²) in [4.78, 5) is 25.1. The first-order valence-electron chi connectivity index (χ1n) is 11.4. The largest absolute Gasteiger partial charge is 0.497 e. The number of benzene rings is 2. The maximum Gasteiger partial charge on any atom is 0.257 e. The molecule has 3 N–H and O–H groups in total. The first-order valence-corrected chi connectivity index (χ1v) is 11.4. The molecule has 9 heteroatoms. The van der Waals surface area contributed by atoms with Crippen molar-refractivity contribution in [1.82, 2.24) is 24.8 Å². The number of nitrogen functional groups attached to an aromatic ring is 1. The van der Waals surface area contributed by atoms with Crippen molar-refractivity contribution in [1.29, 1.82) is 0 Å². The number of fused-ring (bicyclic) bond motifs is 2. The van der Waals surface area contributed by atoms with Gasteiger partial charge in [0.2, 0.25) is 0 Å². The molecule has 0 saturated carbocycles. The number of rotatable bonds is 7. The summed E-state index contributed by atoms with van der Waals surface area (Å²) in [6.07, 6.45) is 0. The highest BCUT2D eigenvalue weighted by molar-refractivity contribution is 6.10. The number of carbonyl (C=O) groups is 1. The monoisotopic (exact) mass is 460 g/mol. The average molecular weight is 461 g/mol. The number of aromatic nitrogens is 3. The van der Waals surface area contributed by atoms with Gasteiger partial charge < -0.3 is 25.1 Å². The lowest BCUT2D eigenvalue weighted by molar-refractivity contribution is 0.0383. The predicted molar refractivity (Wildman–Crippen MR) is 131 cm³/mol. The second kappa shape index (κ2) is 9.66. The van der Waals surface area contributed by atoms with Gasteiger partial charge >= 0.3 is 0 Å². The van der Waals surface area contributed by atoms with Crippen molar-refractivity contribution in [2.24, 2.45) is 0 Å². The van der Waals surface area contributed by atoms with E-state index < -0.39 is 0 Å². The summed E-state index contributed by atoms with van der Waals surface area (Å²) >= 11 is 0. The van der Waals surface area contributed by atoms with Crippen LogP contribution in [-0.4, -0.2) is 71.8 Å². The van der Waals surface area contributed by atoms with Gasteiger partial charge in [-0.2, -0.15) is 0 Å². The van der Waals surface area contributed by atoms with E-state index in [1.165, 1.54) is 0 Å². The molecule has 1 aliphatic rings. The number of morpholine rings is 1. The number of hydrogen-bond acceptors (Lipinski definition) is 7. The fourth-order valence-corrected chi connectivity index (χ4v) is 4.26. The van der Waals surface area contributed by atoms with Gasteiger partial charge in [-0.25, -0.2) is 9.97 Å². The van der Waals surface area contributed by atoms with E-state index in [1.807, 2.05) is 53.1 Å². The van der Waals surface area contributed by atoms with E-state index in [0.717, 1.165) is 55.2 Å². The van der Waals surface area contributed by atoms with E-state index in [-0.39, 0.29) is 5.91 Å². The molecule has 9 nitrogen and oxygen atoms in total. The molecule has 2 aromatic heterocycles. The van der Waals surface area contributed by atoms with E-state index in [0.29, 0.717) is 35.6 Å². The van der Waals surface area contributed by atoms with Crippen LogP contribution in [0.2, 0.25) is 0 Å². The molecule has 0 atom stereocenters. The molecular formula is C25H28N6O3. The Morgan fingerprint density at radius 2 is 1.79 bits per heavy atom. The molecule has 0 spiro atoms. The van der Waals surface area contributed by atoms with Crippen LogP contribution in [0.4, 0.5) is 5.82 Å². The summed E-state index contributed by atoms with van der Waals surface area (Å²) in [6, 6.07) is 15.4. The molecule has 4 aromatic rings. The average Bonchev–Trinajstić information content (AvgIpc) is 3.13. The number of ether oxygens (including phenoxy) is 2. The van der Waals surface area contributed by atoms with Crippen LogP contribution < -0.4 is 15.8 Å². The Kier molecular flexibility index (Phi) is 6.29. The van der Waals surface area contributed by atoms with Crippen LogP contribution in [0.5, 0.6) is 5.75 Å². The van der Waals surface area contributed by atoms with E-state index in [4.69, 9.17) is 25.2 Å². The molecule has 2 aromatic carbocycles. The van der Waals surface area contributed by atoms with Crippen LogP contribution in [-0.2, 0) is 11.3 Å². The van der Waals surface area contributed by atoms with Crippen LogP contribution in [0.15, 0.2) is 48.5 Å². The molecule has 1 saturated heterocycles. The van der Waals surface area contributed by atoms with Crippen molar-refractivity contribution in [2.45, 2.75) is 6.54 Å². The predicted octanol–water partition coefficient (Wildman–Crippen LogP) is 2.29. The molecule has 0 radical (unpaired) electrons. The van der Waals surface area contributed by atoms with Crippen molar-refractivity contribution in [3.63, 3.8) is 0 Å². The number of anilines is 1. The van der Waals surface area contributed by atoms with Crippen LogP contribution in [0.3, 0.4) is 0 Å². The summed E-state index contributed by atoms with van der Waals surface area (Å²) in [6.45, 7) is 4.93. The van der Waals surface area contributed by atoms with E-state index >= 15 is 0 Å². The van der Waals surface area contributed by atoms with Gasteiger partial charge in [0.1, 0.15) is 22.6 Å². The van der Waals surface area contributed by atoms with Crippen molar-refractivity contribution < 1.29 is 14.3 Å². The molecule has 0 bridgehead atoms. The molecule has 176 valence electrons. The molecule has 1 aliphatic heterocycles. The number of carbonyl (C=O) groups excluding carboxylic acids is 1. The zero-order valence-corrected chi connectivity index (χ0v) is 19.2. The summed E-state index contributed by atoms with van der Waals surface area (Å²) in [7, 11) is 1.64. The Hall–Kier alpha value is -3.69. The van der Waals surface area contributed by atoms with Crippen molar-refractivity contribution in [3.8, 4) is 5.75 Å². The van der Waals surface area contributed by atoms with Crippen LogP contribution in [0, 0.1) is 0 Å². The Morgan fingerprint density at radius 1 is 1.09 bits per heavy atom. The van der Waals surface area contributed by atoms with Gasteiger partial charge in [0, 0.05) is 26.2 Å². The van der Waals surface area contributed by atoms with Gasteiger partial charge in [-0.1, -0.05) is 24.3 Å². The second-order valence-corrected chi connectivity index (χ2v) is 8.29. The maximum atomic E-state index is 13.3. The maximum absolute atomic E-state index is 13.3. The zero-order chi connectivity index (χ0) is 23.5. The van der Waals surface area contributed by atoms with Gasteiger partial charge in [-0.15, -0.1) is 0 Å². The highest BCUT2D eigenvalue weighted by Crippen LogP contribution is 2.29.